The topological polar surface area (TPSA) is 50.4 Å². The van der Waals surface area contributed by atoms with Crippen molar-refractivity contribution in [2.24, 2.45) is 0 Å². The van der Waals surface area contributed by atoms with Crippen LogP contribution in [-0.4, -0.2) is 30.2 Å². The van der Waals surface area contributed by atoms with Gasteiger partial charge in [-0.3, -0.25) is 10.1 Å². The Morgan fingerprint density at radius 1 is 1.48 bits per heavy atom. The van der Waals surface area contributed by atoms with Gasteiger partial charge < -0.3 is 10.1 Å². The molecule has 1 heterocycles. The lowest BCUT2D eigenvalue weighted by Crippen LogP contribution is -2.43. The predicted octanol–water partition coefficient (Wildman–Crippen LogP) is 2.55. The summed E-state index contributed by atoms with van der Waals surface area (Å²) in [4.78, 5) is 12.0. The molecule has 1 amide bonds. The average molecular weight is 339 g/mol. The standard InChI is InChI=1S/C13H16F2N2O2S.ClH/c1-8(17-12(18)10-6-20-7-16-10)9-4-2-3-5-11(9)19-13(14)15;/h2-5,8,10,13,16H,6-7H2,1H3,(H,17,18);1H. The maximum Gasteiger partial charge on any atom is 0.387 e. The number of nitrogens with one attached hydrogen (secondary N) is 2. The van der Waals surface area contributed by atoms with E-state index < -0.39 is 12.7 Å². The summed E-state index contributed by atoms with van der Waals surface area (Å²) < 4.78 is 29.2. The highest BCUT2D eigenvalue weighted by Crippen LogP contribution is 2.26. The Kier molecular flexibility index (Phi) is 7.21. The molecule has 21 heavy (non-hydrogen) atoms. The Morgan fingerprint density at radius 2 is 2.19 bits per heavy atom. The number of amides is 1. The fourth-order valence-corrected chi connectivity index (χ4v) is 2.94. The summed E-state index contributed by atoms with van der Waals surface area (Å²) in [5, 5.41) is 5.87. The number of carbonyl (C=O) groups excluding carboxylic acids is 1. The quantitative estimate of drug-likeness (QED) is 0.866. The van der Waals surface area contributed by atoms with E-state index in [2.05, 4.69) is 15.4 Å². The Labute approximate surface area is 132 Å². The van der Waals surface area contributed by atoms with Gasteiger partial charge in [-0.1, -0.05) is 18.2 Å². The number of hydrogen-bond donors (Lipinski definition) is 2. The van der Waals surface area contributed by atoms with Gasteiger partial charge in [0, 0.05) is 17.2 Å². The lowest BCUT2D eigenvalue weighted by atomic mass is 10.1. The Hall–Kier alpha value is -1.05. The van der Waals surface area contributed by atoms with Gasteiger partial charge in [-0.25, -0.2) is 0 Å². The molecule has 1 saturated heterocycles. The second kappa shape index (κ2) is 8.41. The summed E-state index contributed by atoms with van der Waals surface area (Å²) in [7, 11) is 0. The molecule has 0 radical (unpaired) electrons. The van der Waals surface area contributed by atoms with Gasteiger partial charge >= 0.3 is 6.61 Å². The Balaban J connectivity index is 0.00000220. The number of halogens is 3. The lowest BCUT2D eigenvalue weighted by Gasteiger charge is -2.19. The van der Waals surface area contributed by atoms with Gasteiger partial charge in [0.25, 0.3) is 0 Å². The molecule has 1 aromatic carbocycles. The third-order valence-corrected chi connectivity index (χ3v) is 3.93. The summed E-state index contributed by atoms with van der Waals surface area (Å²) in [5.41, 5.74) is 0.534. The van der Waals surface area contributed by atoms with Crippen LogP contribution < -0.4 is 15.4 Å². The SMILES string of the molecule is CC(NC(=O)C1CSCN1)c1ccccc1OC(F)F.Cl. The molecule has 1 aliphatic heterocycles. The minimum Gasteiger partial charge on any atom is -0.434 e. The molecule has 2 N–H and O–H groups in total. The van der Waals surface area contributed by atoms with Crippen molar-refractivity contribution in [2.75, 3.05) is 11.6 Å². The zero-order chi connectivity index (χ0) is 14.5. The molecule has 1 aromatic rings. The molecule has 0 spiro atoms. The van der Waals surface area contributed by atoms with E-state index >= 15 is 0 Å². The zero-order valence-electron chi connectivity index (χ0n) is 11.3. The van der Waals surface area contributed by atoms with Crippen LogP contribution in [-0.2, 0) is 4.79 Å². The van der Waals surface area contributed by atoms with E-state index in [4.69, 9.17) is 0 Å². The highest BCUT2D eigenvalue weighted by molar-refractivity contribution is 7.99. The molecule has 8 heteroatoms. The fraction of sp³-hybridized carbons (Fsp3) is 0.462. The fourth-order valence-electron chi connectivity index (χ4n) is 2.00. The van der Waals surface area contributed by atoms with E-state index in [-0.39, 0.29) is 30.1 Å². The van der Waals surface area contributed by atoms with Crippen molar-refractivity contribution in [1.29, 1.82) is 0 Å². The second-order valence-corrected chi connectivity index (χ2v) is 5.45. The number of rotatable bonds is 5. The summed E-state index contributed by atoms with van der Waals surface area (Å²) in [5.74, 6) is 1.42. The third-order valence-electron chi connectivity index (χ3n) is 2.99. The van der Waals surface area contributed by atoms with Crippen LogP contribution in [0, 0.1) is 0 Å². The van der Waals surface area contributed by atoms with Crippen molar-refractivity contribution in [3.05, 3.63) is 29.8 Å². The first-order valence-corrected chi connectivity index (χ1v) is 7.38. The molecule has 0 aliphatic carbocycles. The lowest BCUT2D eigenvalue weighted by molar-refractivity contribution is -0.123. The molecular weight excluding hydrogens is 322 g/mol. The number of thioether (sulfide) groups is 1. The van der Waals surface area contributed by atoms with Crippen molar-refractivity contribution in [1.82, 2.24) is 10.6 Å². The van der Waals surface area contributed by atoms with Crippen molar-refractivity contribution in [2.45, 2.75) is 25.6 Å². The largest absolute Gasteiger partial charge is 0.434 e. The van der Waals surface area contributed by atoms with Gasteiger partial charge in [0.1, 0.15) is 5.75 Å². The molecule has 2 atom stereocenters. The number of para-hydroxylation sites is 1. The van der Waals surface area contributed by atoms with Crippen molar-refractivity contribution in [3.8, 4) is 5.75 Å². The summed E-state index contributed by atoms with van der Waals surface area (Å²) in [6.07, 6.45) is 0. The van der Waals surface area contributed by atoms with Crippen LogP contribution >= 0.6 is 24.2 Å². The van der Waals surface area contributed by atoms with E-state index in [1.807, 2.05) is 0 Å². The van der Waals surface area contributed by atoms with Crippen LogP contribution in [0.1, 0.15) is 18.5 Å². The van der Waals surface area contributed by atoms with E-state index in [1.54, 1.807) is 36.9 Å². The number of ether oxygens (including phenoxy) is 1. The predicted molar refractivity (Wildman–Crippen MR) is 81.1 cm³/mol. The van der Waals surface area contributed by atoms with Gasteiger partial charge in [-0.05, 0) is 13.0 Å². The first-order chi connectivity index (χ1) is 9.58. The second-order valence-electron chi connectivity index (χ2n) is 4.42. The van der Waals surface area contributed by atoms with Crippen LogP contribution in [0.4, 0.5) is 8.78 Å². The van der Waals surface area contributed by atoms with Crippen molar-refractivity contribution >= 4 is 30.1 Å². The first kappa shape index (κ1) is 18.0. The first-order valence-electron chi connectivity index (χ1n) is 6.23. The molecule has 4 nitrogen and oxygen atoms in total. The maximum atomic E-state index is 12.3. The number of alkyl halides is 2. The Bertz CT molecular complexity index is 473. The molecule has 2 unspecified atom stereocenters. The smallest absolute Gasteiger partial charge is 0.387 e. The van der Waals surface area contributed by atoms with Gasteiger partial charge in [0.05, 0.1) is 12.1 Å². The highest BCUT2D eigenvalue weighted by atomic mass is 35.5. The minimum absolute atomic E-state index is 0. The molecule has 1 aliphatic rings. The van der Waals surface area contributed by atoms with Gasteiger partial charge in [-0.15, -0.1) is 24.2 Å². The number of carbonyl (C=O) groups is 1. The average Bonchev–Trinajstić information content (AvgIpc) is 2.92. The molecule has 1 fully saturated rings. The molecular formula is C13H17ClF2N2O2S. The van der Waals surface area contributed by atoms with Crippen LogP contribution in [0.15, 0.2) is 24.3 Å². The van der Waals surface area contributed by atoms with Gasteiger partial charge in [-0.2, -0.15) is 8.78 Å². The van der Waals surface area contributed by atoms with E-state index in [0.29, 0.717) is 11.3 Å². The molecule has 118 valence electrons. The van der Waals surface area contributed by atoms with Crippen molar-refractivity contribution < 1.29 is 18.3 Å². The van der Waals surface area contributed by atoms with Gasteiger partial charge in [0.15, 0.2) is 0 Å². The summed E-state index contributed by atoms with van der Waals surface area (Å²) in [6, 6.07) is 5.84. The normalized spacial score (nSPS) is 19.0. The highest BCUT2D eigenvalue weighted by Gasteiger charge is 2.24. The van der Waals surface area contributed by atoms with E-state index in [0.717, 1.165) is 5.88 Å². The molecule has 0 saturated carbocycles. The molecule has 2 rings (SSSR count). The summed E-state index contributed by atoms with van der Waals surface area (Å²) >= 11 is 1.65. The number of benzene rings is 1. The monoisotopic (exact) mass is 338 g/mol. The van der Waals surface area contributed by atoms with Crippen LogP contribution in [0.2, 0.25) is 0 Å². The Morgan fingerprint density at radius 3 is 2.81 bits per heavy atom. The summed E-state index contributed by atoms with van der Waals surface area (Å²) in [6.45, 7) is -1.14. The third kappa shape index (κ3) is 5.01. The van der Waals surface area contributed by atoms with E-state index in [9.17, 15) is 13.6 Å². The van der Waals surface area contributed by atoms with Crippen LogP contribution in [0.25, 0.3) is 0 Å². The minimum atomic E-state index is -2.88. The van der Waals surface area contributed by atoms with Gasteiger partial charge in [0.2, 0.25) is 5.91 Å². The van der Waals surface area contributed by atoms with E-state index in [1.165, 1.54) is 6.07 Å². The number of hydrogen-bond acceptors (Lipinski definition) is 4. The van der Waals surface area contributed by atoms with Crippen molar-refractivity contribution in [3.63, 3.8) is 0 Å². The van der Waals surface area contributed by atoms with Crippen LogP contribution in [0.5, 0.6) is 5.75 Å². The molecule has 0 aromatic heterocycles. The molecule has 0 bridgehead atoms. The zero-order valence-corrected chi connectivity index (χ0v) is 13.0. The maximum absolute atomic E-state index is 12.3. The van der Waals surface area contributed by atoms with Crippen LogP contribution in [0.3, 0.4) is 0 Å².